The molecule has 3 aromatic heterocycles. The minimum absolute atomic E-state index is 0.297. The largest absolute Gasteiger partial charge is 0.359 e. The van der Waals surface area contributed by atoms with Gasteiger partial charge in [0.2, 0.25) is 5.28 Å². The summed E-state index contributed by atoms with van der Waals surface area (Å²) < 4.78 is 0. The zero-order valence-electron chi connectivity index (χ0n) is 11.0. The smallest absolute Gasteiger partial charge is 0.225 e. The van der Waals surface area contributed by atoms with E-state index < -0.39 is 0 Å². The van der Waals surface area contributed by atoms with Crippen LogP contribution in [0.15, 0.2) is 36.0 Å². The van der Waals surface area contributed by atoms with E-state index >= 15 is 0 Å². The average molecular weight is 305 g/mol. The first-order valence-corrected chi connectivity index (χ1v) is 7.50. The molecule has 3 aromatic rings. The van der Waals surface area contributed by atoms with Crippen LogP contribution in [0.4, 0.5) is 5.82 Å². The Morgan fingerprint density at radius 2 is 2.00 bits per heavy atom. The minimum atomic E-state index is 0.297. The van der Waals surface area contributed by atoms with E-state index in [9.17, 15) is 0 Å². The lowest BCUT2D eigenvalue weighted by atomic mass is 10.2. The molecule has 0 bridgehead atoms. The van der Waals surface area contributed by atoms with Crippen LogP contribution in [0.1, 0.15) is 5.56 Å². The second-order valence-corrected chi connectivity index (χ2v) is 5.72. The van der Waals surface area contributed by atoms with Crippen molar-refractivity contribution in [2.24, 2.45) is 0 Å². The lowest BCUT2D eigenvalue weighted by Crippen LogP contribution is -2.21. The fourth-order valence-electron chi connectivity index (χ4n) is 2.06. The summed E-state index contributed by atoms with van der Waals surface area (Å²) in [6.45, 7) is 0.863. The summed E-state index contributed by atoms with van der Waals surface area (Å²) in [5.41, 5.74) is 1.26. The highest BCUT2D eigenvalue weighted by Crippen LogP contribution is 2.28. The van der Waals surface area contributed by atoms with Gasteiger partial charge in [0, 0.05) is 26.0 Å². The summed E-state index contributed by atoms with van der Waals surface area (Å²) in [4.78, 5) is 15.7. The number of aromatic nitrogens is 3. The summed E-state index contributed by atoms with van der Waals surface area (Å²) in [6, 6.07) is 6.09. The molecule has 0 aromatic carbocycles. The van der Waals surface area contributed by atoms with Crippen LogP contribution in [0, 0.1) is 0 Å². The van der Waals surface area contributed by atoms with Gasteiger partial charge < -0.3 is 4.90 Å². The van der Waals surface area contributed by atoms with Crippen molar-refractivity contribution in [1.29, 1.82) is 0 Å². The number of fused-ring (bicyclic) bond motifs is 1. The molecule has 0 radical (unpaired) electrons. The molecular formula is C14H13ClN4S. The number of hydrogen-bond acceptors (Lipinski definition) is 5. The Labute approximate surface area is 126 Å². The summed E-state index contributed by atoms with van der Waals surface area (Å²) in [6.07, 6.45) is 4.56. The van der Waals surface area contributed by atoms with E-state index in [0.29, 0.717) is 5.28 Å². The number of rotatable bonds is 4. The molecule has 0 N–H and O–H groups in total. The molecular weight excluding hydrogens is 292 g/mol. The first-order valence-electron chi connectivity index (χ1n) is 6.25. The van der Waals surface area contributed by atoms with E-state index in [4.69, 9.17) is 11.6 Å². The average Bonchev–Trinajstić information content (AvgIpc) is 2.93. The quantitative estimate of drug-likeness (QED) is 0.693. The third-order valence-corrected chi connectivity index (χ3v) is 4.10. The molecule has 0 aliphatic heterocycles. The van der Waals surface area contributed by atoms with Crippen LogP contribution in [0.25, 0.3) is 10.2 Å². The molecule has 3 rings (SSSR count). The second-order valence-electron chi connectivity index (χ2n) is 4.48. The summed E-state index contributed by atoms with van der Waals surface area (Å²) in [7, 11) is 2.02. The molecule has 0 aliphatic rings. The van der Waals surface area contributed by atoms with Crippen molar-refractivity contribution in [3.63, 3.8) is 0 Å². The molecule has 0 atom stereocenters. The zero-order chi connectivity index (χ0) is 13.9. The highest BCUT2D eigenvalue weighted by atomic mass is 35.5. The van der Waals surface area contributed by atoms with Gasteiger partial charge in [-0.1, -0.05) is 0 Å². The molecule has 3 heterocycles. The van der Waals surface area contributed by atoms with Crippen molar-refractivity contribution in [3.05, 3.63) is 46.8 Å². The molecule has 0 saturated carbocycles. The lowest BCUT2D eigenvalue weighted by molar-refractivity contribution is 0.861. The molecule has 0 amide bonds. The highest BCUT2D eigenvalue weighted by molar-refractivity contribution is 7.16. The van der Waals surface area contributed by atoms with Crippen molar-refractivity contribution in [2.75, 3.05) is 18.5 Å². The summed E-state index contributed by atoms with van der Waals surface area (Å²) in [5.74, 6) is 0.885. The monoisotopic (exact) mass is 304 g/mol. The molecule has 102 valence electrons. The number of anilines is 1. The SMILES string of the molecule is CN(CCc1ccncc1)c1nc(Cl)nc2sccc12. The Bertz CT molecular complexity index is 714. The maximum absolute atomic E-state index is 5.99. The van der Waals surface area contributed by atoms with Crippen LogP contribution < -0.4 is 4.90 Å². The summed E-state index contributed by atoms with van der Waals surface area (Å²) in [5, 5.41) is 3.36. The number of thiophene rings is 1. The van der Waals surface area contributed by atoms with Gasteiger partial charge >= 0.3 is 0 Å². The molecule has 0 spiro atoms. The molecule has 20 heavy (non-hydrogen) atoms. The molecule has 0 fully saturated rings. The standard InChI is InChI=1S/C14H13ClN4S/c1-19(8-4-10-2-6-16-7-3-10)12-11-5-9-20-13(11)18-14(15)17-12/h2-3,5-7,9H,4,8H2,1H3. The maximum atomic E-state index is 5.99. The van der Waals surface area contributed by atoms with E-state index in [1.807, 2.05) is 43.0 Å². The molecule has 6 heteroatoms. The van der Waals surface area contributed by atoms with Crippen molar-refractivity contribution >= 4 is 39.0 Å². The first-order chi connectivity index (χ1) is 9.74. The predicted octanol–water partition coefficient (Wildman–Crippen LogP) is 3.42. The Morgan fingerprint density at radius 3 is 2.80 bits per heavy atom. The van der Waals surface area contributed by atoms with Gasteiger partial charge in [-0.15, -0.1) is 11.3 Å². The third-order valence-electron chi connectivity index (χ3n) is 3.12. The first kappa shape index (κ1) is 13.3. The predicted molar refractivity (Wildman–Crippen MR) is 83.6 cm³/mol. The molecule has 0 aliphatic carbocycles. The third kappa shape index (κ3) is 2.73. The van der Waals surface area contributed by atoms with Crippen LogP contribution in [0.2, 0.25) is 5.28 Å². The van der Waals surface area contributed by atoms with E-state index in [0.717, 1.165) is 29.0 Å². The molecule has 0 unspecified atom stereocenters. The Morgan fingerprint density at radius 1 is 1.20 bits per heavy atom. The van der Waals surface area contributed by atoms with E-state index in [1.54, 1.807) is 11.3 Å². The van der Waals surface area contributed by atoms with Gasteiger partial charge in [0.1, 0.15) is 10.6 Å². The van der Waals surface area contributed by atoms with E-state index in [1.165, 1.54) is 5.56 Å². The van der Waals surface area contributed by atoms with Gasteiger partial charge in [-0.25, -0.2) is 4.98 Å². The molecule has 4 nitrogen and oxygen atoms in total. The number of likely N-dealkylation sites (N-methyl/N-ethyl adjacent to an activating group) is 1. The second kappa shape index (κ2) is 5.73. The van der Waals surface area contributed by atoms with Crippen molar-refractivity contribution in [1.82, 2.24) is 15.0 Å². The Balaban J connectivity index is 1.82. The van der Waals surface area contributed by atoms with Gasteiger partial charge in [-0.05, 0) is 47.2 Å². The Hall–Kier alpha value is -1.72. The number of pyridine rings is 1. The van der Waals surface area contributed by atoms with Crippen molar-refractivity contribution < 1.29 is 0 Å². The summed E-state index contributed by atoms with van der Waals surface area (Å²) >= 11 is 7.57. The van der Waals surface area contributed by atoms with Gasteiger partial charge in [-0.3, -0.25) is 4.98 Å². The topological polar surface area (TPSA) is 41.9 Å². The van der Waals surface area contributed by atoms with E-state index in [2.05, 4.69) is 19.9 Å². The van der Waals surface area contributed by atoms with Crippen LogP contribution in [-0.4, -0.2) is 28.5 Å². The van der Waals surface area contributed by atoms with Crippen LogP contribution in [-0.2, 0) is 6.42 Å². The number of hydrogen-bond donors (Lipinski definition) is 0. The van der Waals surface area contributed by atoms with Crippen molar-refractivity contribution in [2.45, 2.75) is 6.42 Å². The highest BCUT2D eigenvalue weighted by Gasteiger charge is 2.11. The van der Waals surface area contributed by atoms with Gasteiger partial charge in [-0.2, -0.15) is 4.98 Å². The van der Waals surface area contributed by atoms with Crippen molar-refractivity contribution in [3.8, 4) is 0 Å². The normalized spacial score (nSPS) is 10.9. The Kier molecular flexibility index (Phi) is 3.80. The van der Waals surface area contributed by atoms with Gasteiger partial charge in [0.15, 0.2) is 0 Å². The van der Waals surface area contributed by atoms with Gasteiger partial charge in [0.25, 0.3) is 0 Å². The maximum Gasteiger partial charge on any atom is 0.225 e. The minimum Gasteiger partial charge on any atom is -0.359 e. The van der Waals surface area contributed by atoms with Crippen LogP contribution >= 0.6 is 22.9 Å². The fraction of sp³-hybridized carbons (Fsp3) is 0.214. The lowest BCUT2D eigenvalue weighted by Gasteiger charge is -2.19. The zero-order valence-corrected chi connectivity index (χ0v) is 12.5. The van der Waals surface area contributed by atoms with Crippen LogP contribution in [0.5, 0.6) is 0 Å². The number of halogens is 1. The van der Waals surface area contributed by atoms with E-state index in [-0.39, 0.29) is 0 Å². The van der Waals surface area contributed by atoms with Crippen LogP contribution in [0.3, 0.4) is 0 Å². The number of nitrogens with zero attached hydrogens (tertiary/aromatic N) is 4. The fourth-order valence-corrected chi connectivity index (χ4v) is 3.03. The molecule has 0 saturated heterocycles. The van der Waals surface area contributed by atoms with Gasteiger partial charge in [0.05, 0.1) is 5.39 Å².